The molecule has 1 atom stereocenters. The minimum absolute atomic E-state index is 0.112. The van der Waals surface area contributed by atoms with E-state index in [-0.39, 0.29) is 12.5 Å². The van der Waals surface area contributed by atoms with Crippen molar-refractivity contribution >= 4 is 5.91 Å². The van der Waals surface area contributed by atoms with Crippen LogP contribution in [0, 0.1) is 24.2 Å². The number of likely N-dealkylation sites (N-methyl/N-ethyl adjacent to an activating group) is 1. The summed E-state index contributed by atoms with van der Waals surface area (Å²) in [4.78, 5) is 14.0. The Morgan fingerprint density at radius 2 is 2.09 bits per heavy atom. The molecule has 124 valence electrons. The fourth-order valence-corrected chi connectivity index (χ4v) is 2.49. The maximum atomic E-state index is 12.1. The van der Waals surface area contributed by atoms with E-state index in [2.05, 4.69) is 11.4 Å². The molecule has 0 radical (unpaired) electrons. The Kier molecular flexibility index (Phi) is 5.62. The van der Waals surface area contributed by atoms with Gasteiger partial charge in [0.15, 0.2) is 0 Å². The molecule has 2 rings (SSSR count). The number of carbonyl (C=O) groups excluding carboxylic acids is 1. The lowest BCUT2D eigenvalue weighted by atomic mass is 9.98. The van der Waals surface area contributed by atoms with E-state index in [1.165, 1.54) is 5.56 Å². The van der Waals surface area contributed by atoms with Crippen molar-refractivity contribution in [3.05, 3.63) is 29.8 Å². The van der Waals surface area contributed by atoms with Gasteiger partial charge in [-0.25, -0.2) is 0 Å². The van der Waals surface area contributed by atoms with Crippen LogP contribution in [-0.4, -0.2) is 43.1 Å². The topological polar surface area (TPSA) is 65.4 Å². The van der Waals surface area contributed by atoms with E-state index in [0.717, 1.165) is 18.6 Å². The third-order valence-corrected chi connectivity index (χ3v) is 4.20. The second kappa shape index (κ2) is 7.47. The van der Waals surface area contributed by atoms with Crippen molar-refractivity contribution in [3.8, 4) is 11.8 Å². The zero-order valence-electron chi connectivity index (χ0n) is 14.1. The molecule has 0 spiro atoms. The predicted molar refractivity (Wildman–Crippen MR) is 89.1 cm³/mol. The molecule has 5 heteroatoms. The molecule has 0 bridgehead atoms. The molecular formula is C18H25N3O2. The molecule has 1 saturated carbocycles. The summed E-state index contributed by atoms with van der Waals surface area (Å²) in [6.45, 7) is 5.27. The molecule has 1 aromatic rings. The highest BCUT2D eigenvalue weighted by atomic mass is 16.5. The molecule has 1 N–H and O–H groups in total. The van der Waals surface area contributed by atoms with Gasteiger partial charge in [-0.15, -0.1) is 0 Å². The number of nitrogens with zero attached hydrogens (tertiary/aromatic N) is 2. The zero-order valence-corrected chi connectivity index (χ0v) is 14.1. The number of aryl methyl sites for hydroxylation is 1. The van der Waals surface area contributed by atoms with Crippen molar-refractivity contribution in [1.29, 1.82) is 5.26 Å². The predicted octanol–water partition coefficient (Wildman–Crippen LogP) is 2.11. The number of hydrogen-bond donors (Lipinski definition) is 1. The standard InChI is InChI=1S/C18H25N3O2/c1-14-4-8-16(9-5-14)23-11-10-21(3)12-17(22)20-18(2,13-19)15-6-7-15/h4-5,8-9,15H,6-7,10-12H2,1-3H3,(H,20,22). The maximum Gasteiger partial charge on any atom is 0.235 e. The van der Waals surface area contributed by atoms with E-state index in [0.29, 0.717) is 19.1 Å². The van der Waals surface area contributed by atoms with E-state index >= 15 is 0 Å². The van der Waals surface area contributed by atoms with E-state index < -0.39 is 5.54 Å². The van der Waals surface area contributed by atoms with Crippen LogP contribution in [0.1, 0.15) is 25.3 Å². The Morgan fingerprint density at radius 1 is 1.43 bits per heavy atom. The number of nitriles is 1. The van der Waals surface area contributed by atoms with Gasteiger partial charge in [0.2, 0.25) is 5.91 Å². The molecule has 0 saturated heterocycles. The van der Waals surface area contributed by atoms with E-state index in [1.54, 1.807) is 0 Å². The Bertz CT molecular complexity index is 575. The normalized spacial score (nSPS) is 16.5. The minimum Gasteiger partial charge on any atom is -0.492 e. The first kappa shape index (κ1) is 17.3. The first-order chi connectivity index (χ1) is 10.9. The first-order valence-corrected chi connectivity index (χ1v) is 8.03. The highest BCUT2D eigenvalue weighted by molar-refractivity contribution is 5.79. The van der Waals surface area contributed by atoms with Crippen LogP contribution < -0.4 is 10.1 Å². The van der Waals surface area contributed by atoms with Crippen LogP contribution in [0.25, 0.3) is 0 Å². The molecule has 0 aromatic heterocycles. The van der Waals surface area contributed by atoms with Gasteiger partial charge in [0, 0.05) is 6.54 Å². The molecule has 1 fully saturated rings. The second-order valence-corrected chi connectivity index (χ2v) is 6.54. The molecular weight excluding hydrogens is 290 g/mol. The smallest absolute Gasteiger partial charge is 0.235 e. The average Bonchev–Trinajstić information content (AvgIpc) is 3.34. The lowest BCUT2D eigenvalue weighted by molar-refractivity contribution is -0.123. The van der Waals surface area contributed by atoms with Gasteiger partial charge in [-0.1, -0.05) is 17.7 Å². The SMILES string of the molecule is Cc1ccc(OCCN(C)CC(=O)NC(C)(C#N)C2CC2)cc1. The van der Waals surface area contributed by atoms with E-state index in [1.807, 2.05) is 50.1 Å². The fraction of sp³-hybridized carbons (Fsp3) is 0.556. The summed E-state index contributed by atoms with van der Waals surface area (Å²) in [5, 5.41) is 12.1. The number of hydrogen-bond acceptors (Lipinski definition) is 4. The van der Waals surface area contributed by atoms with Crippen molar-refractivity contribution in [2.24, 2.45) is 5.92 Å². The van der Waals surface area contributed by atoms with Gasteiger partial charge in [0.05, 0.1) is 12.6 Å². The van der Waals surface area contributed by atoms with Crippen LogP contribution in [0.4, 0.5) is 0 Å². The van der Waals surface area contributed by atoms with Crippen LogP contribution in [-0.2, 0) is 4.79 Å². The van der Waals surface area contributed by atoms with Crippen molar-refractivity contribution in [1.82, 2.24) is 10.2 Å². The fourth-order valence-electron chi connectivity index (χ4n) is 2.49. The Hall–Kier alpha value is -2.06. The third-order valence-electron chi connectivity index (χ3n) is 4.20. The Labute approximate surface area is 138 Å². The van der Waals surface area contributed by atoms with Crippen LogP contribution in [0.2, 0.25) is 0 Å². The molecule has 1 amide bonds. The number of ether oxygens (including phenoxy) is 1. The number of rotatable bonds is 8. The molecule has 1 aromatic carbocycles. The molecule has 5 nitrogen and oxygen atoms in total. The van der Waals surface area contributed by atoms with Crippen LogP contribution in [0.15, 0.2) is 24.3 Å². The van der Waals surface area contributed by atoms with Crippen molar-refractivity contribution in [2.75, 3.05) is 26.7 Å². The summed E-state index contributed by atoms with van der Waals surface area (Å²) < 4.78 is 5.66. The monoisotopic (exact) mass is 315 g/mol. The quantitative estimate of drug-likeness (QED) is 0.798. The van der Waals surface area contributed by atoms with Crippen molar-refractivity contribution in [2.45, 2.75) is 32.2 Å². The van der Waals surface area contributed by atoms with Gasteiger partial charge in [-0.05, 0) is 51.8 Å². The Balaban J connectivity index is 1.69. The summed E-state index contributed by atoms with van der Waals surface area (Å²) >= 11 is 0. The van der Waals surface area contributed by atoms with Gasteiger partial charge in [-0.3, -0.25) is 9.69 Å². The molecule has 0 aliphatic heterocycles. The van der Waals surface area contributed by atoms with Gasteiger partial charge >= 0.3 is 0 Å². The summed E-state index contributed by atoms with van der Waals surface area (Å²) in [7, 11) is 1.87. The molecule has 1 aliphatic rings. The third kappa shape index (κ3) is 5.26. The van der Waals surface area contributed by atoms with E-state index in [4.69, 9.17) is 4.74 Å². The lowest BCUT2D eigenvalue weighted by Gasteiger charge is -2.24. The summed E-state index contributed by atoms with van der Waals surface area (Å²) in [5.41, 5.74) is 0.471. The molecule has 1 unspecified atom stereocenters. The largest absolute Gasteiger partial charge is 0.492 e. The highest BCUT2D eigenvalue weighted by Gasteiger charge is 2.42. The number of benzene rings is 1. The maximum absolute atomic E-state index is 12.1. The molecule has 23 heavy (non-hydrogen) atoms. The molecule has 0 heterocycles. The minimum atomic E-state index is -0.726. The number of carbonyl (C=O) groups is 1. The Morgan fingerprint density at radius 3 is 2.65 bits per heavy atom. The summed E-state index contributed by atoms with van der Waals surface area (Å²) in [5.74, 6) is 1.02. The summed E-state index contributed by atoms with van der Waals surface area (Å²) in [6, 6.07) is 10.1. The van der Waals surface area contributed by atoms with Crippen molar-refractivity contribution in [3.63, 3.8) is 0 Å². The van der Waals surface area contributed by atoms with E-state index in [9.17, 15) is 10.1 Å². The lowest BCUT2D eigenvalue weighted by Crippen LogP contribution is -2.50. The van der Waals surface area contributed by atoms with Crippen LogP contribution in [0.5, 0.6) is 5.75 Å². The average molecular weight is 315 g/mol. The number of nitrogens with one attached hydrogen (secondary N) is 1. The number of amides is 1. The van der Waals surface area contributed by atoms with Crippen LogP contribution >= 0.6 is 0 Å². The van der Waals surface area contributed by atoms with Crippen LogP contribution in [0.3, 0.4) is 0 Å². The van der Waals surface area contributed by atoms with Gasteiger partial charge in [-0.2, -0.15) is 5.26 Å². The van der Waals surface area contributed by atoms with Gasteiger partial charge in [0.25, 0.3) is 0 Å². The molecule has 1 aliphatic carbocycles. The first-order valence-electron chi connectivity index (χ1n) is 8.03. The van der Waals surface area contributed by atoms with Gasteiger partial charge in [0.1, 0.15) is 17.9 Å². The summed E-state index contributed by atoms with van der Waals surface area (Å²) in [6.07, 6.45) is 2.04. The van der Waals surface area contributed by atoms with Crippen molar-refractivity contribution < 1.29 is 9.53 Å². The van der Waals surface area contributed by atoms with Gasteiger partial charge < -0.3 is 10.1 Å². The zero-order chi connectivity index (χ0) is 16.9. The second-order valence-electron chi connectivity index (χ2n) is 6.54. The highest BCUT2D eigenvalue weighted by Crippen LogP contribution is 2.39.